The molecular formula is C30H34N4O5S. The Morgan fingerprint density at radius 2 is 1.73 bits per heavy atom. The molecule has 0 saturated carbocycles. The smallest absolute Gasteiger partial charge is 0.262 e. The van der Waals surface area contributed by atoms with Crippen molar-refractivity contribution in [2.24, 2.45) is 11.8 Å². The van der Waals surface area contributed by atoms with E-state index in [1.54, 1.807) is 6.07 Å². The summed E-state index contributed by atoms with van der Waals surface area (Å²) in [4.78, 5) is 64.2. The number of hydrogen-bond donors (Lipinski definition) is 4. The van der Waals surface area contributed by atoms with E-state index in [-0.39, 0.29) is 36.5 Å². The summed E-state index contributed by atoms with van der Waals surface area (Å²) in [5.74, 6) is -2.15. The number of benzene rings is 2. The largest absolute Gasteiger partial charge is 0.356 e. The third kappa shape index (κ3) is 7.32. The van der Waals surface area contributed by atoms with Gasteiger partial charge in [0.25, 0.3) is 5.91 Å². The maximum atomic E-state index is 13.5. The minimum Gasteiger partial charge on any atom is -0.356 e. The number of fused-ring (bicyclic) bond motifs is 1. The fourth-order valence-electron chi connectivity index (χ4n) is 4.77. The average Bonchev–Trinajstić information content (AvgIpc) is 3.57. The summed E-state index contributed by atoms with van der Waals surface area (Å²) in [5.41, 5.74) is 0.816. The molecule has 1 aliphatic heterocycles. The van der Waals surface area contributed by atoms with Crippen LogP contribution in [0.25, 0.3) is 10.1 Å². The van der Waals surface area contributed by atoms with E-state index in [1.165, 1.54) is 11.3 Å². The first-order valence-electron chi connectivity index (χ1n) is 13.4. The summed E-state index contributed by atoms with van der Waals surface area (Å²) >= 11 is 1.34. The van der Waals surface area contributed by atoms with Crippen molar-refractivity contribution in [2.45, 2.75) is 51.2 Å². The molecule has 210 valence electrons. The summed E-state index contributed by atoms with van der Waals surface area (Å²) < 4.78 is 0.970. The van der Waals surface area contributed by atoms with Gasteiger partial charge in [0.05, 0.1) is 10.9 Å². The van der Waals surface area contributed by atoms with Gasteiger partial charge in [-0.15, -0.1) is 11.3 Å². The van der Waals surface area contributed by atoms with Gasteiger partial charge in [0.1, 0.15) is 18.4 Å². The Morgan fingerprint density at radius 3 is 2.38 bits per heavy atom. The minimum atomic E-state index is -1.00. The Balaban J connectivity index is 1.48. The second-order valence-electron chi connectivity index (χ2n) is 10.4. The maximum absolute atomic E-state index is 13.5. The van der Waals surface area contributed by atoms with E-state index in [0.29, 0.717) is 24.1 Å². The highest BCUT2D eigenvalue weighted by Gasteiger charge is 2.32. The zero-order chi connectivity index (χ0) is 28.6. The highest BCUT2D eigenvalue weighted by molar-refractivity contribution is 7.20. The molecule has 4 N–H and O–H groups in total. The normalized spacial score (nSPS) is 17.1. The van der Waals surface area contributed by atoms with Crippen molar-refractivity contribution in [1.82, 2.24) is 21.3 Å². The summed E-state index contributed by atoms with van der Waals surface area (Å²) in [6, 6.07) is 15.9. The highest BCUT2D eigenvalue weighted by Crippen LogP contribution is 2.25. The van der Waals surface area contributed by atoms with E-state index in [2.05, 4.69) is 21.3 Å². The topological polar surface area (TPSA) is 133 Å². The Kier molecular flexibility index (Phi) is 9.65. The first-order chi connectivity index (χ1) is 19.2. The van der Waals surface area contributed by atoms with Gasteiger partial charge in [0.15, 0.2) is 0 Å². The van der Waals surface area contributed by atoms with E-state index >= 15 is 0 Å². The van der Waals surface area contributed by atoms with E-state index < -0.39 is 29.9 Å². The molecule has 0 bridgehead atoms. The molecule has 1 saturated heterocycles. The van der Waals surface area contributed by atoms with Gasteiger partial charge in [0, 0.05) is 23.6 Å². The first-order valence-corrected chi connectivity index (χ1v) is 14.2. The molecule has 0 radical (unpaired) electrons. The van der Waals surface area contributed by atoms with Gasteiger partial charge in [-0.2, -0.15) is 0 Å². The van der Waals surface area contributed by atoms with Crippen LogP contribution in [0.2, 0.25) is 0 Å². The van der Waals surface area contributed by atoms with Gasteiger partial charge in [-0.05, 0) is 41.8 Å². The summed E-state index contributed by atoms with van der Waals surface area (Å²) in [5, 5.41) is 12.0. The van der Waals surface area contributed by atoms with Crippen molar-refractivity contribution >= 4 is 51.3 Å². The van der Waals surface area contributed by atoms with Crippen molar-refractivity contribution in [3.63, 3.8) is 0 Å². The number of rotatable bonds is 12. The van der Waals surface area contributed by atoms with Crippen LogP contribution in [-0.2, 0) is 25.6 Å². The fourth-order valence-corrected chi connectivity index (χ4v) is 5.74. The van der Waals surface area contributed by atoms with Crippen LogP contribution in [0, 0.1) is 11.8 Å². The molecule has 2 heterocycles. The van der Waals surface area contributed by atoms with Crippen LogP contribution in [-0.4, -0.2) is 54.6 Å². The van der Waals surface area contributed by atoms with Gasteiger partial charge in [-0.25, -0.2) is 0 Å². The lowest BCUT2D eigenvalue weighted by Gasteiger charge is -2.26. The second-order valence-corrected chi connectivity index (χ2v) is 11.4. The fraction of sp³-hybridized carbons (Fsp3) is 0.367. The number of amides is 4. The number of carbonyl (C=O) groups is 5. The van der Waals surface area contributed by atoms with E-state index in [4.69, 9.17) is 0 Å². The zero-order valence-corrected chi connectivity index (χ0v) is 23.3. The molecule has 1 unspecified atom stereocenters. The molecule has 4 atom stereocenters. The molecule has 1 fully saturated rings. The van der Waals surface area contributed by atoms with E-state index in [1.807, 2.05) is 68.4 Å². The van der Waals surface area contributed by atoms with Crippen LogP contribution >= 0.6 is 11.3 Å². The summed E-state index contributed by atoms with van der Waals surface area (Å²) in [6.07, 6.45) is 1.59. The lowest BCUT2D eigenvalue weighted by Crippen LogP contribution is -2.57. The summed E-state index contributed by atoms with van der Waals surface area (Å²) in [7, 11) is 0. The van der Waals surface area contributed by atoms with Gasteiger partial charge in [-0.3, -0.25) is 19.2 Å². The number of thiophene rings is 1. The highest BCUT2D eigenvalue weighted by atomic mass is 32.1. The molecule has 3 aromatic rings. The van der Waals surface area contributed by atoms with Gasteiger partial charge in [-0.1, -0.05) is 62.4 Å². The minimum absolute atomic E-state index is 0.135. The number of hydrogen-bond acceptors (Lipinski definition) is 6. The molecule has 1 aliphatic rings. The number of aldehydes is 1. The number of nitrogens with one attached hydrogen (secondary N) is 4. The van der Waals surface area contributed by atoms with Crippen LogP contribution in [0.15, 0.2) is 60.7 Å². The third-order valence-electron chi connectivity index (χ3n) is 6.99. The van der Waals surface area contributed by atoms with Crippen LogP contribution in [0.1, 0.15) is 41.9 Å². The molecule has 4 amide bonds. The van der Waals surface area contributed by atoms with Crippen LogP contribution < -0.4 is 21.3 Å². The third-order valence-corrected chi connectivity index (χ3v) is 8.11. The predicted octanol–water partition coefficient (Wildman–Crippen LogP) is 2.59. The monoisotopic (exact) mass is 562 g/mol. The Labute approximate surface area is 237 Å². The Hall–Kier alpha value is -4.05. The molecule has 0 spiro atoms. The quantitative estimate of drug-likeness (QED) is 0.252. The Morgan fingerprint density at radius 1 is 1.00 bits per heavy atom. The SMILES string of the molecule is CC(C)[C@H](NC(=O)c1cc2ccccc2s1)C(=O)N[C@@H](Cc1ccccc1)C(=O)NC(C=O)C[C@@H]1CCNC1=O. The molecule has 40 heavy (non-hydrogen) atoms. The average molecular weight is 563 g/mol. The van der Waals surface area contributed by atoms with Crippen molar-refractivity contribution in [2.75, 3.05) is 6.54 Å². The van der Waals surface area contributed by atoms with Crippen LogP contribution in [0.5, 0.6) is 0 Å². The molecule has 9 nitrogen and oxygen atoms in total. The van der Waals surface area contributed by atoms with Crippen molar-refractivity contribution in [3.8, 4) is 0 Å². The first kappa shape index (κ1) is 28.9. The molecule has 4 rings (SSSR count). The lowest BCUT2D eigenvalue weighted by atomic mass is 9.98. The molecule has 2 aromatic carbocycles. The zero-order valence-electron chi connectivity index (χ0n) is 22.5. The van der Waals surface area contributed by atoms with Gasteiger partial charge >= 0.3 is 0 Å². The maximum Gasteiger partial charge on any atom is 0.262 e. The molecule has 1 aromatic heterocycles. The molecule has 0 aliphatic carbocycles. The van der Waals surface area contributed by atoms with Crippen LogP contribution in [0.4, 0.5) is 0 Å². The number of carbonyl (C=O) groups excluding carboxylic acids is 5. The van der Waals surface area contributed by atoms with Crippen molar-refractivity contribution < 1.29 is 24.0 Å². The van der Waals surface area contributed by atoms with Gasteiger partial charge in [0.2, 0.25) is 17.7 Å². The molecule has 10 heteroatoms. The predicted molar refractivity (Wildman–Crippen MR) is 154 cm³/mol. The Bertz CT molecular complexity index is 1340. The van der Waals surface area contributed by atoms with Crippen molar-refractivity contribution in [3.05, 3.63) is 71.1 Å². The summed E-state index contributed by atoms with van der Waals surface area (Å²) in [6.45, 7) is 4.17. The van der Waals surface area contributed by atoms with Crippen LogP contribution in [0.3, 0.4) is 0 Å². The molecular weight excluding hydrogens is 528 g/mol. The van der Waals surface area contributed by atoms with E-state index in [9.17, 15) is 24.0 Å². The van der Waals surface area contributed by atoms with Crippen molar-refractivity contribution in [1.29, 1.82) is 0 Å². The van der Waals surface area contributed by atoms with E-state index in [0.717, 1.165) is 15.6 Å². The lowest BCUT2D eigenvalue weighted by molar-refractivity contribution is -0.131. The van der Waals surface area contributed by atoms with Gasteiger partial charge < -0.3 is 26.1 Å². The second kappa shape index (κ2) is 13.3. The standard InChI is InChI=1S/C30H34N4O5S/c1-18(2)26(34-29(38)25-16-20-10-6-7-11-24(20)40-25)30(39)33-23(14-19-8-4-3-5-9-19)28(37)32-22(17-35)15-21-12-13-31-27(21)36/h3-11,16-18,21-23,26H,12-15H2,1-2H3,(H,31,36)(H,32,37)(H,33,39)(H,34,38)/t21-,22?,23-,26-/m0/s1.